The molecular formula is C23H24N2OS. The van der Waals surface area contributed by atoms with E-state index in [1.165, 1.54) is 10.5 Å². The number of rotatable bonds is 2. The van der Waals surface area contributed by atoms with Crippen LogP contribution in [0.2, 0.25) is 0 Å². The Balaban J connectivity index is 1.75. The van der Waals surface area contributed by atoms with Crippen molar-refractivity contribution in [2.24, 2.45) is 29.6 Å². The van der Waals surface area contributed by atoms with Crippen molar-refractivity contribution in [3.8, 4) is 12.1 Å². The summed E-state index contributed by atoms with van der Waals surface area (Å²) in [5.41, 5.74) is 2.01. The van der Waals surface area contributed by atoms with Gasteiger partial charge in [-0.25, -0.2) is 0 Å². The molecule has 3 aliphatic carbocycles. The lowest BCUT2D eigenvalue weighted by Crippen LogP contribution is -2.41. The minimum Gasteiger partial charge on any atom is -0.294 e. The summed E-state index contributed by atoms with van der Waals surface area (Å²) >= 11 is 1.76. The number of carbonyl (C=O) groups is 1. The normalized spacial score (nSPS) is 34.5. The van der Waals surface area contributed by atoms with Crippen molar-refractivity contribution in [1.29, 1.82) is 10.5 Å². The van der Waals surface area contributed by atoms with Gasteiger partial charge in [0.2, 0.25) is 0 Å². The van der Waals surface area contributed by atoms with Crippen LogP contribution in [0, 0.1) is 52.3 Å². The van der Waals surface area contributed by atoms with Crippen molar-refractivity contribution in [3.63, 3.8) is 0 Å². The monoisotopic (exact) mass is 376 g/mol. The van der Waals surface area contributed by atoms with Crippen molar-refractivity contribution < 1.29 is 4.79 Å². The molecule has 138 valence electrons. The molecule has 0 heterocycles. The van der Waals surface area contributed by atoms with Gasteiger partial charge in [-0.2, -0.15) is 10.5 Å². The molecule has 6 atom stereocenters. The van der Waals surface area contributed by atoms with Gasteiger partial charge < -0.3 is 0 Å². The molecule has 27 heavy (non-hydrogen) atoms. The lowest BCUT2D eigenvalue weighted by molar-refractivity contribution is -0.120. The Morgan fingerprint density at radius 1 is 0.963 bits per heavy atom. The minimum absolute atomic E-state index is 0.0103. The second kappa shape index (κ2) is 7.17. The van der Waals surface area contributed by atoms with Crippen molar-refractivity contribution in [2.45, 2.75) is 43.4 Å². The topological polar surface area (TPSA) is 64.7 Å². The Morgan fingerprint density at radius 3 is 2.22 bits per heavy atom. The Hall–Kier alpha value is -2.04. The van der Waals surface area contributed by atoms with Crippen LogP contribution in [-0.4, -0.2) is 12.0 Å². The van der Waals surface area contributed by atoms with E-state index in [1.54, 1.807) is 11.8 Å². The van der Waals surface area contributed by atoms with Crippen LogP contribution in [0.5, 0.6) is 0 Å². The first-order chi connectivity index (χ1) is 13.1. The van der Waals surface area contributed by atoms with Gasteiger partial charge in [0.25, 0.3) is 0 Å². The molecule has 0 saturated heterocycles. The lowest BCUT2D eigenvalue weighted by Gasteiger charge is -2.48. The number of nitriles is 2. The van der Waals surface area contributed by atoms with E-state index in [4.69, 9.17) is 0 Å². The number of benzene rings is 1. The van der Waals surface area contributed by atoms with Crippen molar-refractivity contribution >= 4 is 17.5 Å². The highest BCUT2D eigenvalue weighted by molar-refractivity contribution is 7.98. The number of ketones is 1. The summed E-state index contributed by atoms with van der Waals surface area (Å²) in [6.45, 7) is 2.33. The van der Waals surface area contributed by atoms with Gasteiger partial charge in [-0.1, -0.05) is 19.1 Å². The van der Waals surface area contributed by atoms with E-state index in [9.17, 15) is 15.3 Å². The SMILES string of the molecule is CSc1ccc(C2CCC3C(=O)C(=C(C#N)C#N)C4CCC(C)C2C34)cc1. The maximum absolute atomic E-state index is 13.1. The van der Waals surface area contributed by atoms with E-state index in [2.05, 4.69) is 37.4 Å². The van der Waals surface area contributed by atoms with Gasteiger partial charge in [-0.15, -0.1) is 11.8 Å². The Kier molecular flexibility index (Phi) is 4.87. The zero-order valence-electron chi connectivity index (χ0n) is 15.8. The third-order valence-corrected chi connectivity index (χ3v) is 7.97. The first kappa shape index (κ1) is 18.3. The molecule has 3 nitrogen and oxygen atoms in total. The van der Waals surface area contributed by atoms with Crippen LogP contribution >= 0.6 is 11.8 Å². The highest BCUT2D eigenvalue weighted by Crippen LogP contribution is 2.60. The summed E-state index contributed by atoms with van der Waals surface area (Å²) in [4.78, 5) is 14.4. The Labute approximate surface area is 165 Å². The average Bonchev–Trinajstić information content (AvgIpc) is 2.99. The van der Waals surface area contributed by atoms with E-state index in [0.717, 1.165) is 25.7 Å². The van der Waals surface area contributed by atoms with Crippen molar-refractivity contribution in [3.05, 3.63) is 41.0 Å². The molecule has 3 fully saturated rings. The number of allylic oxidation sites excluding steroid dienone is 2. The largest absolute Gasteiger partial charge is 0.294 e. The second-order valence-electron chi connectivity index (χ2n) is 8.26. The summed E-state index contributed by atoms with van der Waals surface area (Å²) in [6, 6.07) is 12.9. The van der Waals surface area contributed by atoms with Gasteiger partial charge in [-0.05, 0) is 79.2 Å². The van der Waals surface area contributed by atoms with Gasteiger partial charge in [0, 0.05) is 16.4 Å². The minimum atomic E-state index is 0.0103. The molecule has 0 aliphatic heterocycles. The average molecular weight is 377 g/mol. The van der Waals surface area contributed by atoms with Crippen LogP contribution in [-0.2, 0) is 4.79 Å². The first-order valence-electron chi connectivity index (χ1n) is 9.83. The predicted octanol–water partition coefficient (Wildman–Crippen LogP) is 5.11. The Bertz CT molecular complexity index is 857. The number of thioether (sulfide) groups is 1. The van der Waals surface area contributed by atoms with Gasteiger partial charge in [0.1, 0.15) is 17.7 Å². The van der Waals surface area contributed by atoms with Crippen LogP contribution in [0.4, 0.5) is 0 Å². The summed E-state index contributed by atoms with van der Waals surface area (Å²) in [7, 11) is 0. The maximum Gasteiger partial charge on any atom is 0.164 e. The van der Waals surface area contributed by atoms with E-state index in [0.29, 0.717) is 29.2 Å². The molecule has 1 aromatic carbocycles. The molecule has 0 spiro atoms. The molecule has 0 N–H and O–H groups in total. The summed E-state index contributed by atoms with van der Waals surface area (Å²) in [6.07, 6.45) is 6.00. The van der Waals surface area contributed by atoms with Gasteiger partial charge in [0.05, 0.1) is 0 Å². The van der Waals surface area contributed by atoms with E-state index in [1.807, 2.05) is 12.1 Å². The molecule has 0 aromatic heterocycles. The van der Waals surface area contributed by atoms with Crippen LogP contribution in [0.1, 0.15) is 44.1 Å². The van der Waals surface area contributed by atoms with E-state index < -0.39 is 0 Å². The highest BCUT2D eigenvalue weighted by Gasteiger charge is 2.57. The molecule has 4 rings (SSSR count). The number of nitrogens with zero attached hydrogens (tertiary/aromatic N) is 2. The summed E-state index contributed by atoms with van der Waals surface area (Å²) < 4.78 is 0. The van der Waals surface area contributed by atoms with Crippen molar-refractivity contribution in [2.75, 3.05) is 6.26 Å². The third-order valence-electron chi connectivity index (χ3n) is 7.23. The molecule has 4 heteroatoms. The first-order valence-corrected chi connectivity index (χ1v) is 11.1. The lowest BCUT2D eigenvalue weighted by atomic mass is 9.55. The maximum atomic E-state index is 13.1. The van der Waals surface area contributed by atoms with Crippen LogP contribution in [0.25, 0.3) is 0 Å². The molecule has 3 aliphatic rings. The number of carbonyl (C=O) groups excluding carboxylic acids is 1. The van der Waals surface area contributed by atoms with Gasteiger partial charge >= 0.3 is 0 Å². The van der Waals surface area contributed by atoms with Crippen LogP contribution in [0.3, 0.4) is 0 Å². The fraction of sp³-hybridized carbons (Fsp3) is 0.522. The van der Waals surface area contributed by atoms with Gasteiger partial charge in [0.15, 0.2) is 5.78 Å². The van der Waals surface area contributed by atoms with Crippen LogP contribution in [0.15, 0.2) is 40.3 Å². The number of hydrogen-bond donors (Lipinski definition) is 0. The van der Waals surface area contributed by atoms with Gasteiger partial charge in [-0.3, -0.25) is 4.79 Å². The molecule has 6 unspecified atom stereocenters. The molecule has 0 amide bonds. The van der Waals surface area contributed by atoms with Crippen molar-refractivity contribution in [1.82, 2.24) is 0 Å². The number of Topliss-reactive ketones (excluding diaryl/α,β-unsaturated/α-hetero) is 1. The third kappa shape index (κ3) is 2.82. The zero-order chi connectivity index (χ0) is 19.1. The Morgan fingerprint density at radius 2 is 1.59 bits per heavy atom. The van der Waals surface area contributed by atoms with Crippen LogP contribution < -0.4 is 0 Å². The fourth-order valence-corrected chi connectivity index (χ4v) is 6.56. The molecule has 1 aromatic rings. The number of hydrogen-bond acceptors (Lipinski definition) is 4. The quantitative estimate of drug-likeness (QED) is 0.409. The molecule has 3 saturated carbocycles. The molecular weight excluding hydrogens is 352 g/mol. The standard InChI is InChI=1S/C23H24N2OS/c1-13-3-8-18-21(15(11-24)12-25)23(26)19-10-9-17(20(13)22(18)19)14-4-6-16(27-2)7-5-14/h4-7,13,17-20,22H,3,8-10H2,1-2H3. The fourth-order valence-electron chi connectivity index (χ4n) is 6.15. The highest BCUT2D eigenvalue weighted by atomic mass is 32.2. The predicted molar refractivity (Wildman–Crippen MR) is 106 cm³/mol. The molecule has 0 bridgehead atoms. The molecule has 0 radical (unpaired) electrons. The van der Waals surface area contributed by atoms with E-state index in [-0.39, 0.29) is 23.2 Å². The zero-order valence-corrected chi connectivity index (χ0v) is 16.6. The smallest absolute Gasteiger partial charge is 0.164 e. The summed E-state index contributed by atoms with van der Waals surface area (Å²) in [5, 5.41) is 18.8. The summed E-state index contributed by atoms with van der Waals surface area (Å²) in [5.74, 6) is 2.01. The van der Waals surface area contributed by atoms with E-state index >= 15 is 0 Å². The second-order valence-corrected chi connectivity index (χ2v) is 9.14.